The number of halogens is 2. The predicted octanol–water partition coefficient (Wildman–Crippen LogP) is 2.17. The van der Waals surface area contributed by atoms with Crippen molar-refractivity contribution in [3.8, 4) is 17.6 Å². The highest BCUT2D eigenvalue weighted by Gasteiger charge is 2.48. The molecule has 1 saturated heterocycles. The van der Waals surface area contributed by atoms with E-state index in [1.54, 1.807) is 18.2 Å². The number of imide groups is 1. The van der Waals surface area contributed by atoms with E-state index in [-0.39, 0.29) is 24.6 Å². The first-order valence-corrected chi connectivity index (χ1v) is 9.18. The molecule has 2 aliphatic heterocycles. The molecule has 4 amide bonds. The summed E-state index contributed by atoms with van der Waals surface area (Å²) in [7, 11) is 1.49. The molecule has 3 rings (SSSR count). The first kappa shape index (κ1) is 21.8. The van der Waals surface area contributed by atoms with E-state index in [2.05, 4.69) is 29.1 Å². The molecule has 0 unspecified atom stereocenters. The normalized spacial score (nSPS) is 20.3. The summed E-state index contributed by atoms with van der Waals surface area (Å²) < 4.78 is 30.1. The van der Waals surface area contributed by atoms with Gasteiger partial charge in [0, 0.05) is 17.7 Å². The Kier molecular flexibility index (Phi) is 6.20. The van der Waals surface area contributed by atoms with Crippen molar-refractivity contribution in [3.63, 3.8) is 0 Å². The molecule has 0 saturated carbocycles. The minimum atomic E-state index is -1.68. The van der Waals surface area contributed by atoms with Gasteiger partial charge in [-0.25, -0.2) is 13.6 Å². The monoisotopic (exact) mass is 427 g/mol. The van der Waals surface area contributed by atoms with Gasteiger partial charge < -0.3 is 15.0 Å². The molecule has 9 heteroatoms. The van der Waals surface area contributed by atoms with E-state index in [1.165, 1.54) is 24.2 Å². The molecule has 1 atom stereocenters. The van der Waals surface area contributed by atoms with E-state index in [9.17, 15) is 23.2 Å². The Morgan fingerprint density at radius 3 is 2.81 bits per heavy atom. The van der Waals surface area contributed by atoms with Crippen LogP contribution in [0.2, 0.25) is 0 Å². The second-order valence-electron chi connectivity index (χ2n) is 6.88. The van der Waals surface area contributed by atoms with E-state index in [4.69, 9.17) is 4.74 Å². The van der Waals surface area contributed by atoms with Gasteiger partial charge in [-0.1, -0.05) is 30.6 Å². The molecule has 1 fully saturated rings. The van der Waals surface area contributed by atoms with Gasteiger partial charge in [0.2, 0.25) is 5.54 Å². The molecule has 0 spiro atoms. The molecule has 2 heterocycles. The van der Waals surface area contributed by atoms with Gasteiger partial charge in [-0.3, -0.25) is 14.9 Å². The third kappa shape index (κ3) is 4.64. The number of nitrogens with zero attached hydrogens (tertiary/aromatic N) is 1. The number of hydrogen-bond donors (Lipinski definition) is 2. The zero-order valence-electron chi connectivity index (χ0n) is 16.6. The van der Waals surface area contributed by atoms with Crippen LogP contribution in [0.3, 0.4) is 0 Å². The number of carbonyl (C=O) groups excluding carboxylic acids is 3. The first-order valence-electron chi connectivity index (χ1n) is 9.18. The molecule has 160 valence electrons. The largest absolute Gasteiger partial charge is 0.497 e. The Labute approximate surface area is 177 Å². The van der Waals surface area contributed by atoms with Crippen molar-refractivity contribution in [3.05, 3.63) is 65.5 Å². The van der Waals surface area contributed by atoms with Crippen LogP contribution in [-0.2, 0) is 11.3 Å². The molecule has 1 aromatic rings. The Hall–Kier alpha value is -3.93. The summed E-state index contributed by atoms with van der Waals surface area (Å²) in [6.45, 7) is 2.48. The topological polar surface area (TPSA) is 87.7 Å². The van der Waals surface area contributed by atoms with Gasteiger partial charge in [0.25, 0.3) is 11.8 Å². The number of ether oxygens (including phenoxy) is 1. The van der Waals surface area contributed by atoms with Crippen LogP contribution >= 0.6 is 0 Å². The first-order chi connectivity index (χ1) is 14.8. The van der Waals surface area contributed by atoms with Crippen LogP contribution < -0.4 is 15.4 Å². The molecule has 0 radical (unpaired) electrons. The number of allylic oxidation sites excluding steroid dienone is 5. The molecule has 2 N–H and O–H groups in total. The molecule has 31 heavy (non-hydrogen) atoms. The summed E-state index contributed by atoms with van der Waals surface area (Å²) in [5, 5.41) is 4.60. The van der Waals surface area contributed by atoms with Crippen molar-refractivity contribution in [1.29, 1.82) is 0 Å². The van der Waals surface area contributed by atoms with Crippen LogP contribution in [0.5, 0.6) is 5.75 Å². The highest BCUT2D eigenvalue weighted by atomic mass is 19.2. The zero-order chi connectivity index (χ0) is 22.6. The molecule has 2 aliphatic rings. The summed E-state index contributed by atoms with van der Waals surface area (Å²) in [5.74, 6) is 3.84. The Bertz CT molecular complexity index is 1080. The molecule has 0 bridgehead atoms. The average molecular weight is 427 g/mol. The Balaban J connectivity index is 1.83. The van der Waals surface area contributed by atoms with Crippen LogP contribution in [0.25, 0.3) is 0 Å². The molecule has 7 nitrogen and oxygen atoms in total. The second kappa shape index (κ2) is 8.83. The number of amides is 4. The third-order valence-electron chi connectivity index (χ3n) is 4.70. The van der Waals surface area contributed by atoms with Crippen LogP contribution in [-0.4, -0.2) is 48.6 Å². The van der Waals surface area contributed by atoms with E-state index >= 15 is 0 Å². The molecular formula is C22H19F2N3O4. The Morgan fingerprint density at radius 1 is 1.39 bits per heavy atom. The van der Waals surface area contributed by atoms with Crippen molar-refractivity contribution in [2.75, 3.05) is 20.3 Å². The number of carbonyl (C=O) groups is 3. The SMILES string of the molecule is C=C(C#C[C@]1(CN2Cc3ccc(OC)cc3C2=O)NC(=O)NC1=O)/C=C\C=C(\F)CF. The van der Waals surface area contributed by atoms with Gasteiger partial charge >= 0.3 is 6.03 Å². The standard InChI is InChI=1S/C22H19F2N3O4/c1-14(4-3-5-16(24)11-23)8-9-22(20(29)25-21(30)26-22)13-27-12-15-6-7-17(31-2)10-18(15)19(27)28/h3-7,10H,1,11-13H2,2H3,(H2,25,26,29,30)/b4-3-,16-5+/t22-/m1/s1. The number of nitrogens with one attached hydrogen (secondary N) is 2. The summed E-state index contributed by atoms with van der Waals surface area (Å²) in [5.41, 5.74) is -0.291. The summed E-state index contributed by atoms with van der Waals surface area (Å²) in [6.07, 6.45) is 3.47. The van der Waals surface area contributed by atoms with Crippen LogP contribution in [0.4, 0.5) is 13.6 Å². The van der Waals surface area contributed by atoms with Crippen LogP contribution in [0.15, 0.2) is 54.4 Å². The van der Waals surface area contributed by atoms with Crippen LogP contribution in [0, 0.1) is 11.8 Å². The lowest BCUT2D eigenvalue weighted by Gasteiger charge is -2.26. The average Bonchev–Trinajstić information content (AvgIpc) is 3.21. The van der Waals surface area contributed by atoms with Crippen molar-refractivity contribution >= 4 is 17.8 Å². The second-order valence-corrected chi connectivity index (χ2v) is 6.88. The maximum absolute atomic E-state index is 12.8. The molecule has 0 aliphatic carbocycles. The lowest BCUT2D eigenvalue weighted by molar-refractivity contribution is -0.122. The molecular weight excluding hydrogens is 408 g/mol. The van der Waals surface area contributed by atoms with E-state index < -0.39 is 30.0 Å². The highest BCUT2D eigenvalue weighted by Crippen LogP contribution is 2.28. The lowest BCUT2D eigenvalue weighted by atomic mass is 9.99. The fourth-order valence-corrected chi connectivity index (χ4v) is 3.15. The maximum Gasteiger partial charge on any atom is 0.323 e. The van der Waals surface area contributed by atoms with Gasteiger partial charge in [0.15, 0.2) is 0 Å². The van der Waals surface area contributed by atoms with E-state index in [0.717, 1.165) is 11.6 Å². The van der Waals surface area contributed by atoms with Crippen molar-refractivity contribution in [1.82, 2.24) is 15.5 Å². The lowest BCUT2D eigenvalue weighted by Crippen LogP contribution is -2.54. The third-order valence-corrected chi connectivity index (χ3v) is 4.70. The summed E-state index contributed by atoms with van der Waals surface area (Å²) in [4.78, 5) is 38.6. The number of urea groups is 1. The number of fused-ring (bicyclic) bond motifs is 1. The Morgan fingerprint density at radius 2 is 2.16 bits per heavy atom. The van der Waals surface area contributed by atoms with Gasteiger partial charge in [-0.2, -0.15) is 0 Å². The fraction of sp³-hybridized carbons (Fsp3) is 0.227. The number of alkyl halides is 1. The van der Waals surface area contributed by atoms with Crippen molar-refractivity contribution in [2.45, 2.75) is 12.1 Å². The number of benzene rings is 1. The van der Waals surface area contributed by atoms with Crippen molar-refractivity contribution < 1.29 is 27.9 Å². The maximum atomic E-state index is 12.8. The van der Waals surface area contributed by atoms with Crippen LogP contribution in [0.1, 0.15) is 15.9 Å². The number of hydrogen-bond acceptors (Lipinski definition) is 4. The van der Waals surface area contributed by atoms with E-state index in [1.807, 2.05) is 0 Å². The molecule has 0 aromatic heterocycles. The van der Waals surface area contributed by atoms with Crippen molar-refractivity contribution in [2.24, 2.45) is 0 Å². The fourth-order valence-electron chi connectivity index (χ4n) is 3.15. The van der Waals surface area contributed by atoms with Gasteiger partial charge in [0.05, 0.1) is 13.7 Å². The smallest absolute Gasteiger partial charge is 0.323 e. The van der Waals surface area contributed by atoms with Gasteiger partial charge in [-0.15, -0.1) is 0 Å². The van der Waals surface area contributed by atoms with E-state index in [0.29, 0.717) is 11.3 Å². The number of rotatable bonds is 6. The highest BCUT2D eigenvalue weighted by molar-refractivity contribution is 6.10. The zero-order valence-corrected chi connectivity index (χ0v) is 16.6. The quantitative estimate of drug-likeness (QED) is 0.414. The minimum Gasteiger partial charge on any atom is -0.497 e. The summed E-state index contributed by atoms with van der Waals surface area (Å²) in [6, 6.07) is 4.36. The minimum absolute atomic E-state index is 0.192. The summed E-state index contributed by atoms with van der Waals surface area (Å²) >= 11 is 0. The predicted molar refractivity (Wildman–Crippen MR) is 108 cm³/mol. The van der Waals surface area contributed by atoms with Gasteiger partial charge in [0.1, 0.15) is 18.3 Å². The molecule has 1 aromatic carbocycles. The van der Waals surface area contributed by atoms with Gasteiger partial charge in [-0.05, 0) is 29.8 Å². The number of methoxy groups -OCH3 is 1.